The number of carbonyl (C=O) groups is 1. The predicted octanol–water partition coefficient (Wildman–Crippen LogP) is 4.24. The van der Waals surface area contributed by atoms with Crippen LogP contribution in [0.3, 0.4) is 0 Å². The summed E-state index contributed by atoms with van der Waals surface area (Å²) in [5.41, 5.74) is 2.91. The molecule has 0 saturated heterocycles. The molecule has 2 aromatic carbocycles. The van der Waals surface area contributed by atoms with Gasteiger partial charge in [-0.15, -0.1) is 10.2 Å². The summed E-state index contributed by atoms with van der Waals surface area (Å²) in [6.45, 7) is 1.39. The molecule has 0 bridgehead atoms. The van der Waals surface area contributed by atoms with Crippen LogP contribution in [0, 0.1) is 13.8 Å². The number of aromatic nitrogens is 3. The van der Waals surface area contributed by atoms with Gasteiger partial charge in [0.1, 0.15) is 11.6 Å². The highest BCUT2D eigenvalue weighted by Gasteiger charge is 2.16. The SMILES string of the molecule is Cc1ccc(-n2c(C)nnc2SCC(=O)N(C)Cc2ccc(OC(F)F)cc2)cc1. The van der Waals surface area contributed by atoms with E-state index in [0.717, 1.165) is 22.6 Å². The molecule has 0 radical (unpaired) electrons. The second-order valence-electron chi connectivity index (χ2n) is 6.76. The molecule has 0 fully saturated rings. The van der Waals surface area contributed by atoms with Crippen LogP contribution in [-0.2, 0) is 11.3 Å². The van der Waals surface area contributed by atoms with Crippen molar-refractivity contribution in [2.75, 3.05) is 12.8 Å². The van der Waals surface area contributed by atoms with Gasteiger partial charge in [0.15, 0.2) is 5.16 Å². The summed E-state index contributed by atoms with van der Waals surface area (Å²) in [4.78, 5) is 14.1. The highest BCUT2D eigenvalue weighted by Crippen LogP contribution is 2.23. The van der Waals surface area contributed by atoms with Gasteiger partial charge in [-0.25, -0.2) is 0 Å². The van der Waals surface area contributed by atoms with Gasteiger partial charge >= 0.3 is 6.61 Å². The summed E-state index contributed by atoms with van der Waals surface area (Å²) < 4.78 is 30.7. The molecule has 158 valence electrons. The van der Waals surface area contributed by atoms with Crippen LogP contribution in [0.1, 0.15) is 17.0 Å². The second-order valence-corrected chi connectivity index (χ2v) is 7.70. The Morgan fingerprint density at radius 3 is 2.40 bits per heavy atom. The van der Waals surface area contributed by atoms with E-state index in [0.29, 0.717) is 11.7 Å². The molecular weight excluding hydrogens is 410 g/mol. The molecule has 0 aliphatic carbocycles. The third-order valence-electron chi connectivity index (χ3n) is 4.41. The van der Waals surface area contributed by atoms with Crippen LogP contribution in [-0.4, -0.2) is 45.0 Å². The summed E-state index contributed by atoms with van der Waals surface area (Å²) in [6.07, 6.45) is 0. The molecule has 0 N–H and O–H groups in total. The normalized spacial score (nSPS) is 11.0. The lowest BCUT2D eigenvalue weighted by Crippen LogP contribution is -2.27. The number of hydrogen-bond acceptors (Lipinski definition) is 5. The largest absolute Gasteiger partial charge is 0.435 e. The Hall–Kier alpha value is -2.94. The van der Waals surface area contributed by atoms with Gasteiger partial charge in [0.05, 0.1) is 5.75 Å². The van der Waals surface area contributed by atoms with Crippen LogP contribution < -0.4 is 4.74 Å². The summed E-state index contributed by atoms with van der Waals surface area (Å²) in [5, 5.41) is 8.97. The summed E-state index contributed by atoms with van der Waals surface area (Å²) in [6, 6.07) is 14.2. The topological polar surface area (TPSA) is 60.2 Å². The quantitative estimate of drug-likeness (QED) is 0.499. The minimum atomic E-state index is -2.86. The average molecular weight is 432 g/mol. The lowest BCUT2D eigenvalue weighted by molar-refractivity contribution is -0.127. The van der Waals surface area contributed by atoms with E-state index in [2.05, 4.69) is 14.9 Å². The highest BCUT2D eigenvalue weighted by molar-refractivity contribution is 7.99. The van der Waals surface area contributed by atoms with Gasteiger partial charge in [0.25, 0.3) is 0 Å². The molecule has 3 aromatic rings. The number of alkyl halides is 2. The van der Waals surface area contributed by atoms with Crippen molar-refractivity contribution in [2.24, 2.45) is 0 Å². The zero-order valence-corrected chi connectivity index (χ0v) is 17.7. The Kier molecular flexibility index (Phi) is 7.04. The number of carbonyl (C=O) groups excluding carboxylic acids is 1. The fourth-order valence-corrected chi connectivity index (χ4v) is 3.74. The zero-order valence-electron chi connectivity index (χ0n) is 16.9. The molecule has 0 spiro atoms. The van der Waals surface area contributed by atoms with E-state index in [-0.39, 0.29) is 17.4 Å². The number of thioether (sulfide) groups is 1. The smallest absolute Gasteiger partial charge is 0.387 e. The third-order valence-corrected chi connectivity index (χ3v) is 5.32. The van der Waals surface area contributed by atoms with Crippen LogP contribution in [0.15, 0.2) is 53.7 Å². The van der Waals surface area contributed by atoms with Gasteiger partial charge in [0.2, 0.25) is 5.91 Å². The Labute approximate surface area is 177 Å². The molecule has 0 aliphatic rings. The Morgan fingerprint density at radius 2 is 1.77 bits per heavy atom. The highest BCUT2D eigenvalue weighted by atomic mass is 32.2. The monoisotopic (exact) mass is 432 g/mol. The van der Waals surface area contributed by atoms with Crippen LogP contribution >= 0.6 is 11.8 Å². The number of rotatable bonds is 8. The lowest BCUT2D eigenvalue weighted by Gasteiger charge is -2.17. The first-order valence-corrected chi connectivity index (χ1v) is 10.2. The van der Waals surface area contributed by atoms with Gasteiger partial charge in [-0.2, -0.15) is 8.78 Å². The van der Waals surface area contributed by atoms with Gasteiger partial charge in [-0.1, -0.05) is 41.6 Å². The van der Waals surface area contributed by atoms with Crippen LogP contribution in [0.5, 0.6) is 5.75 Å². The molecule has 3 rings (SSSR count). The standard InChI is InChI=1S/C21H22F2N4O2S/c1-14-4-8-17(9-5-14)27-15(2)24-25-21(27)30-13-19(28)26(3)12-16-6-10-18(11-7-16)29-20(22)23/h4-11,20H,12-13H2,1-3H3. The number of benzene rings is 2. The van der Waals surface area contributed by atoms with Crippen molar-refractivity contribution in [3.8, 4) is 11.4 Å². The number of amides is 1. The van der Waals surface area contributed by atoms with Crippen molar-refractivity contribution in [2.45, 2.75) is 32.2 Å². The van der Waals surface area contributed by atoms with Gasteiger partial charge in [-0.3, -0.25) is 9.36 Å². The molecule has 30 heavy (non-hydrogen) atoms. The van der Waals surface area contributed by atoms with E-state index < -0.39 is 6.61 Å². The van der Waals surface area contributed by atoms with E-state index in [1.54, 1.807) is 24.1 Å². The number of nitrogens with zero attached hydrogens (tertiary/aromatic N) is 4. The molecule has 6 nitrogen and oxygen atoms in total. The summed E-state index contributed by atoms with van der Waals surface area (Å²) >= 11 is 1.32. The van der Waals surface area contributed by atoms with Gasteiger partial charge < -0.3 is 9.64 Å². The van der Waals surface area contributed by atoms with Crippen molar-refractivity contribution in [1.82, 2.24) is 19.7 Å². The lowest BCUT2D eigenvalue weighted by atomic mass is 10.2. The third kappa shape index (κ3) is 5.56. The van der Waals surface area contributed by atoms with E-state index in [4.69, 9.17) is 0 Å². The molecule has 0 aliphatic heterocycles. The van der Waals surface area contributed by atoms with E-state index in [9.17, 15) is 13.6 Å². The molecule has 0 atom stereocenters. The van der Waals surface area contributed by atoms with Crippen LogP contribution in [0.4, 0.5) is 8.78 Å². The average Bonchev–Trinajstić information content (AvgIpc) is 3.08. The van der Waals surface area contributed by atoms with Crippen molar-refractivity contribution >= 4 is 17.7 Å². The minimum absolute atomic E-state index is 0.0796. The van der Waals surface area contributed by atoms with Gasteiger partial charge in [-0.05, 0) is 43.7 Å². The van der Waals surface area contributed by atoms with E-state index >= 15 is 0 Å². The Morgan fingerprint density at radius 1 is 1.10 bits per heavy atom. The molecule has 1 amide bonds. The fourth-order valence-electron chi connectivity index (χ4n) is 2.80. The second kappa shape index (κ2) is 9.71. The maximum atomic E-state index is 12.6. The van der Waals surface area contributed by atoms with Gasteiger partial charge in [0, 0.05) is 19.3 Å². The Bertz CT molecular complexity index is 991. The first-order chi connectivity index (χ1) is 14.3. The fraction of sp³-hybridized carbons (Fsp3) is 0.286. The van der Waals surface area contributed by atoms with Crippen molar-refractivity contribution in [3.63, 3.8) is 0 Å². The predicted molar refractivity (Wildman–Crippen MR) is 111 cm³/mol. The maximum absolute atomic E-state index is 12.6. The zero-order chi connectivity index (χ0) is 21.7. The number of hydrogen-bond donors (Lipinski definition) is 0. The molecule has 0 unspecified atom stereocenters. The summed E-state index contributed by atoms with van der Waals surface area (Å²) in [5.74, 6) is 0.953. The van der Waals surface area contributed by atoms with E-state index in [1.807, 2.05) is 42.7 Å². The van der Waals surface area contributed by atoms with Crippen molar-refractivity contribution < 1.29 is 18.3 Å². The molecule has 0 saturated carbocycles. The van der Waals surface area contributed by atoms with Crippen molar-refractivity contribution in [1.29, 1.82) is 0 Å². The van der Waals surface area contributed by atoms with Crippen LogP contribution in [0.25, 0.3) is 5.69 Å². The van der Waals surface area contributed by atoms with Crippen LogP contribution in [0.2, 0.25) is 0 Å². The molecular formula is C21H22F2N4O2S. The number of halogens is 2. The number of aryl methyl sites for hydroxylation is 2. The summed E-state index contributed by atoms with van der Waals surface area (Å²) in [7, 11) is 1.70. The first kappa shape index (κ1) is 21.8. The van der Waals surface area contributed by atoms with Crippen molar-refractivity contribution in [3.05, 3.63) is 65.5 Å². The molecule has 1 heterocycles. The minimum Gasteiger partial charge on any atom is -0.435 e. The molecule has 1 aromatic heterocycles. The van der Waals surface area contributed by atoms with E-state index in [1.165, 1.54) is 23.9 Å². The first-order valence-electron chi connectivity index (χ1n) is 9.23. The maximum Gasteiger partial charge on any atom is 0.387 e. The Balaban J connectivity index is 1.60. The molecule has 9 heteroatoms. The number of ether oxygens (including phenoxy) is 1.